The van der Waals surface area contributed by atoms with Gasteiger partial charge in [0.25, 0.3) is 0 Å². The zero-order chi connectivity index (χ0) is 15.2. The summed E-state index contributed by atoms with van der Waals surface area (Å²) in [6, 6.07) is 0. The molecule has 0 aromatic heterocycles. The van der Waals surface area contributed by atoms with Crippen LogP contribution in [0, 0.1) is 0 Å². The predicted molar refractivity (Wildman–Crippen MR) is 86.5 cm³/mol. The lowest BCUT2D eigenvalue weighted by Gasteiger charge is -2.00. The number of unbranched alkanes of at least 4 members (excludes halogenated alkanes) is 9. The summed E-state index contributed by atoms with van der Waals surface area (Å²) in [6.45, 7) is 1.01. The second-order valence-electron chi connectivity index (χ2n) is 6.12. The highest BCUT2D eigenvalue weighted by Gasteiger charge is 2.20. The van der Waals surface area contributed by atoms with Crippen molar-refractivity contribution < 1.29 is 14.6 Å². The molecule has 0 amide bonds. The average Bonchev–Trinajstić information content (AvgIpc) is 3.27. The number of rotatable bonds is 15. The molecule has 1 rings (SSSR count). The van der Waals surface area contributed by atoms with Crippen LogP contribution in [0.2, 0.25) is 0 Å². The number of epoxide rings is 1. The molecule has 0 saturated carbocycles. The van der Waals surface area contributed by atoms with Crippen LogP contribution in [0.5, 0.6) is 0 Å². The van der Waals surface area contributed by atoms with E-state index in [1.807, 2.05) is 0 Å². The third-order valence-electron chi connectivity index (χ3n) is 3.98. The first-order chi connectivity index (χ1) is 10.3. The number of allylic oxidation sites excluding steroid dienone is 2. The molecule has 0 aromatic rings. The molecule has 1 N–H and O–H groups in total. The molecule has 1 aliphatic heterocycles. The molecule has 1 heterocycles. The van der Waals surface area contributed by atoms with Crippen molar-refractivity contribution in [2.75, 3.05) is 6.61 Å². The standard InChI is InChI=1S/C18H32O3/c19-18(20)15-13-11-9-7-5-3-1-2-4-6-8-10-12-14-17-16-21-17/h5,7,17H,1-4,6,8-16H2,(H,19,20)/b7-5-. The summed E-state index contributed by atoms with van der Waals surface area (Å²) in [7, 11) is 0. The summed E-state index contributed by atoms with van der Waals surface area (Å²) >= 11 is 0. The van der Waals surface area contributed by atoms with E-state index in [0.29, 0.717) is 12.5 Å². The van der Waals surface area contributed by atoms with Crippen LogP contribution in [-0.4, -0.2) is 23.8 Å². The summed E-state index contributed by atoms with van der Waals surface area (Å²) in [5.74, 6) is -0.681. The van der Waals surface area contributed by atoms with Gasteiger partial charge in [0.05, 0.1) is 12.7 Å². The second-order valence-corrected chi connectivity index (χ2v) is 6.12. The van der Waals surface area contributed by atoms with Gasteiger partial charge in [0, 0.05) is 6.42 Å². The van der Waals surface area contributed by atoms with Crippen LogP contribution in [0.15, 0.2) is 12.2 Å². The van der Waals surface area contributed by atoms with E-state index in [4.69, 9.17) is 9.84 Å². The molecule has 1 saturated heterocycles. The third-order valence-corrected chi connectivity index (χ3v) is 3.98. The maximum Gasteiger partial charge on any atom is 0.303 e. The second kappa shape index (κ2) is 12.9. The number of carboxylic acids is 1. The average molecular weight is 296 g/mol. The molecule has 1 fully saturated rings. The molecule has 1 aliphatic rings. The van der Waals surface area contributed by atoms with E-state index in [1.54, 1.807) is 0 Å². The Morgan fingerprint density at radius 1 is 0.905 bits per heavy atom. The lowest BCUT2D eigenvalue weighted by atomic mass is 10.1. The quantitative estimate of drug-likeness (QED) is 0.260. The van der Waals surface area contributed by atoms with E-state index in [2.05, 4.69) is 12.2 Å². The molecule has 0 radical (unpaired) electrons. The first-order valence-electron chi connectivity index (χ1n) is 8.77. The number of carboxylic acid groups (broad SMARTS) is 1. The molecule has 21 heavy (non-hydrogen) atoms. The minimum absolute atomic E-state index is 0.307. The van der Waals surface area contributed by atoms with E-state index in [-0.39, 0.29) is 0 Å². The van der Waals surface area contributed by atoms with Crippen molar-refractivity contribution in [2.45, 2.75) is 89.6 Å². The van der Waals surface area contributed by atoms with Gasteiger partial charge in [-0.3, -0.25) is 4.79 Å². The van der Waals surface area contributed by atoms with Crippen molar-refractivity contribution in [3.63, 3.8) is 0 Å². The fourth-order valence-corrected chi connectivity index (χ4v) is 2.53. The van der Waals surface area contributed by atoms with Crippen LogP contribution in [0.25, 0.3) is 0 Å². The summed E-state index contributed by atoms with van der Waals surface area (Å²) in [5, 5.41) is 8.51. The van der Waals surface area contributed by atoms with Gasteiger partial charge in [-0.15, -0.1) is 0 Å². The Bertz CT molecular complexity index is 282. The van der Waals surface area contributed by atoms with E-state index < -0.39 is 5.97 Å². The number of hydrogen-bond acceptors (Lipinski definition) is 2. The molecule has 1 unspecified atom stereocenters. The summed E-state index contributed by atoms with van der Waals surface area (Å²) < 4.78 is 5.20. The van der Waals surface area contributed by atoms with Crippen molar-refractivity contribution in [1.29, 1.82) is 0 Å². The summed E-state index contributed by atoms with van der Waals surface area (Å²) in [6.07, 6.45) is 20.1. The van der Waals surface area contributed by atoms with Gasteiger partial charge in [-0.2, -0.15) is 0 Å². The molecular formula is C18H32O3. The van der Waals surface area contributed by atoms with Gasteiger partial charge in [0.2, 0.25) is 0 Å². The molecule has 0 aliphatic carbocycles. The van der Waals surface area contributed by atoms with Crippen molar-refractivity contribution in [3.05, 3.63) is 12.2 Å². The normalized spacial score (nSPS) is 17.4. The van der Waals surface area contributed by atoms with Gasteiger partial charge < -0.3 is 9.84 Å². The van der Waals surface area contributed by atoms with E-state index in [1.165, 1.54) is 57.8 Å². The number of aliphatic carboxylic acids is 1. The van der Waals surface area contributed by atoms with Gasteiger partial charge in [-0.1, -0.05) is 50.7 Å². The fourth-order valence-electron chi connectivity index (χ4n) is 2.53. The molecule has 1 atom stereocenters. The molecule has 122 valence electrons. The Labute approximate surface area is 129 Å². The summed E-state index contributed by atoms with van der Waals surface area (Å²) in [4.78, 5) is 10.3. The Morgan fingerprint density at radius 2 is 1.43 bits per heavy atom. The molecule has 3 heteroatoms. The minimum atomic E-state index is -0.681. The molecular weight excluding hydrogens is 264 g/mol. The molecule has 0 bridgehead atoms. The van der Waals surface area contributed by atoms with Crippen LogP contribution in [0.3, 0.4) is 0 Å². The van der Waals surface area contributed by atoms with Gasteiger partial charge in [-0.05, 0) is 38.5 Å². The predicted octanol–water partition coefficient (Wildman–Crippen LogP) is 5.10. The van der Waals surface area contributed by atoms with Gasteiger partial charge in [-0.25, -0.2) is 0 Å². The number of carbonyl (C=O) groups is 1. The lowest BCUT2D eigenvalue weighted by Crippen LogP contribution is -1.92. The Hall–Kier alpha value is -0.830. The van der Waals surface area contributed by atoms with Crippen molar-refractivity contribution >= 4 is 5.97 Å². The molecule has 3 nitrogen and oxygen atoms in total. The first kappa shape index (κ1) is 18.2. The van der Waals surface area contributed by atoms with Gasteiger partial charge >= 0.3 is 5.97 Å². The fraction of sp³-hybridized carbons (Fsp3) is 0.833. The number of ether oxygens (including phenoxy) is 1. The van der Waals surface area contributed by atoms with Gasteiger partial charge in [0.15, 0.2) is 0 Å². The topological polar surface area (TPSA) is 49.8 Å². The van der Waals surface area contributed by atoms with Crippen LogP contribution in [-0.2, 0) is 9.53 Å². The Morgan fingerprint density at radius 3 is 2.00 bits per heavy atom. The monoisotopic (exact) mass is 296 g/mol. The van der Waals surface area contributed by atoms with Crippen molar-refractivity contribution in [1.82, 2.24) is 0 Å². The SMILES string of the molecule is O=C(O)CCCC/C=C\CCCCCCCCCC1CO1. The maximum absolute atomic E-state index is 10.3. The Balaban J connectivity index is 1.68. The van der Waals surface area contributed by atoms with Crippen LogP contribution >= 0.6 is 0 Å². The highest BCUT2D eigenvalue weighted by atomic mass is 16.6. The van der Waals surface area contributed by atoms with Gasteiger partial charge in [0.1, 0.15) is 0 Å². The summed E-state index contributed by atoms with van der Waals surface area (Å²) in [5.41, 5.74) is 0. The lowest BCUT2D eigenvalue weighted by molar-refractivity contribution is -0.137. The Kier molecular flexibility index (Phi) is 11.2. The minimum Gasteiger partial charge on any atom is -0.481 e. The smallest absolute Gasteiger partial charge is 0.303 e. The van der Waals surface area contributed by atoms with Crippen LogP contribution < -0.4 is 0 Å². The first-order valence-corrected chi connectivity index (χ1v) is 8.77. The van der Waals surface area contributed by atoms with Crippen LogP contribution in [0.4, 0.5) is 0 Å². The number of hydrogen-bond donors (Lipinski definition) is 1. The zero-order valence-corrected chi connectivity index (χ0v) is 13.4. The molecule has 0 spiro atoms. The van der Waals surface area contributed by atoms with Crippen LogP contribution in [0.1, 0.15) is 83.5 Å². The van der Waals surface area contributed by atoms with E-state index in [9.17, 15) is 4.79 Å². The van der Waals surface area contributed by atoms with E-state index in [0.717, 1.165) is 25.9 Å². The van der Waals surface area contributed by atoms with Crippen molar-refractivity contribution in [2.24, 2.45) is 0 Å². The van der Waals surface area contributed by atoms with E-state index >= 15 is 0 Å². The zero-order valence-electron chi connectivity index (χ0n) is 13.4. The third kappa shape index (κ3) is 13.9. The van der Waals surface area contributed by atoms with Crippen molar-refractivity contribution in [3.8, 4) is 0 Å². The highest BCUT2D eigenvalue weighted by molar-refractivity contribution is 5.66. The largest absolute Gasteiger partial charge is 0.481 e. The maximum atomic E-state index is 10.3. The highest BCUT2D eigenvalue weighted by Crippen LogP contribution is 2.18. The molecule has 0 aromatic carbocycles.